The predicted octanol–water partition coefficient (Wildman–Crippen LogP) is 4.84. The molecule has 1 aliphatic heterocycles. The van der Waals surface area contributed by atoms with Crippen molar-refractivity contribution in [2.45, 2.75) is 32.2 Å². The number of hydrogen-bond donors (Lipinski definition) is 0. The van der Waals surface area contributed by atoms with E-state index < -0.39 is 0 Å². The number of ether oxygens (including phenoxy) is 1. The molecule has 0 aliphatic carbocycles. The molecule has 0 amide bonds. The molecule has 3 aromatic rings. The van der Waals surface area contributed by atoms with Gasteiger partial charge in [-0.3, -0.25) is 9.69 Å². The third kappa shape index (κ3) is 4.78. The number of hydrogen-bond acceptors (Lipinski definition) is 4. The molecular weight excluding hydrogens is 378 g/mol. The lowest BCUT2D eigenvalue weighted by Gasteiger charge is -2.34. The van der Waals surface area contributed by atoms with Gasteiger partial charge in [0.2, 0.25) is 0 Å². The van der Waals surface area contributed by atoms with Crippen LogP contribution in [0.3, 0.4) is 0 Å². The van der Waals surface area contributed by atoms with Crippen molar-refractivity contribution in [2.75, 3.05) is 0 Å². The number of rotatable bonds is 5. The quantitative estimate of drug-likeness (QED) is 0.575. The fraction of sp³-hybridized carbons (Fsp3) is 0.227. The maximum absolute atomic E-state index is 12.8. The minimum absolute atomic E-state index is 0. The summed E-state index contributed by atoms with van der Waals surface area (Å²) in [6.07, 6.45) is 0.730. The lowest BCUT2D eigenvalue weighted by molar-refractivity contribution is -0.152. The summed E-state index contributed by atoms with van der Waals surface area (Å²) in [6.45, 7) is 1.87. The normalized spacial score (nSPS) is 16.2. The second-order valence-electron chi connectivity index (χ2n) is 6.57. The zero-order chi connectivity index (χ0) is 17.8. The van der Waals surface area contributed by atoms with E-state index >= 15 is 0 Å². The second-order valence-corrected chi connectivity index (χ2v) is 7.57. The molecule has 1 aromatic heterocycles. The summed E-state index contributed by atoms with van der Waals surface area (Å²) in [5.41, 5.74) is 3.56. The van der Waals surface area contributed by atoms with E-state index in [4.69, 9.17) is 4.74 Å². The maximum atomic E-state index is 12.8. The van der Waals surface area contributed by atoms with E-state index in [0.29, 0.717) is 6.61 Å². The fourth-order valence-electron chi connectivity index (χ4n) is 3.36. The number of esters is 1. The number of benzene rings is 2. The molecule has 0 bridgehead atoms. The molecule has 0 radical (unpaired) electrons. The Morgan fingerprint density at radius 1 is 1.00 bits per heavy atom. The highest BCUT2D eigenvalue weighted by Crippen LogP contribution is 2.29. The van der Waals surface area contributed by atoms with E-state index in [0.717, 1.165) is 25.1 Å². The lowest BCUT2D eigenvalue weighted by Crippen LogP contribution is -2.45. The Bertz CT molecular complexity index is 866. The van der Waals surface area contributed by atoms with E-state index in [-0.39, 0.29) is 24.4 Å². The lowest BCUT2D eigenvalue weighted by atomic mass is 10.0. The van der Waals surface area contributed by atoms with Crippen LogP contribution < -0.4 is 0 Å². The summed E-state index contributed by atoms with van der Waals surface area (Å²) in [5, 5.41) is 2.11. The van der Waals surface area contributed by atoms with Gasteiger partial charge in [-0.1, -0.05) is 60.7 Å². The number of thiophene rings is 1. The van der Waals surface area contributed by atoms with Crippen LogP contribution in [0.5, 0.6) is 0 Å². The van der Waals surface area contributed by atoms with Crippen molar-refractivity contribution in [2.24, 2.45) is 0 Å². The zero-order valence-electron chi connectivity index (χ0n) is 14.9. The average Bonchev–Trinajstić information content (AvgIpc) is 3.14. The standard InChI is InChI=1S/C22H21NO2S.ClH/c24-22(25-16-18-9-5-2-6-10-18)20-13-21-19(11-12-26-21)15-23(20)14-17-7-3-1-4-8-17;/h1-12,20H,13-16H2;1H. The van der Waals surface area contributed by atoms with Crippen molar-refractivity contribution in [1.82, 2.24) is 4.90 Å². The monoisotopic (exact) mass is 399 g/mol. The highest BCUT2D eigenvalue weighted by Gasteiger charge is 2.33. The summed E-state index contributed by atoms with van der Waals surface area (Å²) in [7, 11) is 0. The first-order valence-corrected chi connectivity index (χ1v) is 9.71. The van der Waals surface area contributed by atoms with Crippen molar-refractivity contribution in [3.05, 3.63) is 93.7 Å². The van der Waals surface area contributed by atoms with Gasteiger partial charge in [0.1, 0.15) is 12.6 Å². The van der Waals surface area contributed by atoms with E-state index in [1.165, 1.54) is 16.0 Å². The third-order valence-corrected chi connectivity index (χ3v) is 5.74. The molecular formula is C22H22ClNO2S. The van der Waals surface area contributed by atoms with Crippen molar-refractivity contribution in [3.8, 4) is 0 Å². The van der Waals surface area contributed by atoms with Gasteiger partial charge in [0.15, 0.2) is 0 Å². The molecule has 5 heteroatoms. The van der Waals surface area contributed by atoms with Crippen LogP contribution in [0.2, 0.25) is 0 Å². The summed E-state index contributed by atoms with van der Waals surface area (Å²) >= 11 is 1.73. The molecule has 2 aromatic carbocycles. The Kier molecular flexibility index (Phi) is 6.67. The Labute approximate surface area is 170 Å². The molecule has 1 atom stereocenters. The Balaban J connectivity index is 0.00000210. The Morgan fingerprint density at radius 2 is 1.67 bits per heavy atom. The minimum Gasteiger partial charge on any atom is -0.460 e. The van der Waals surface area contributed by atoms with Gasteiger partial charge < -0.3 is 4.74 Å². The van der Waals surface area contributed by atoms with Gasteiger partial charge >= 0.3 is 5.97 Å². The third-order valence-electron chi connectivity index (χ3n) is 4.76. The molecule has 27 heavy (non-hydrogen) atoms. The molecule has 0 spiro atoms. The van der Waals surface area contributed by atoms with E-state index in [1.54, 1.807) is 11.3 Å². The van der Waals surface area contributed by atoms with E-state index in [2.05, 4.69) is 28.5 Å². The van der Waals surface area contributed by atoms with Crippen LogP contribution in [0.1, 0.15) is 21.6 Å². The molecule has 140 valence electrons. The first-order valence-electron chi connectivity index (χ1n) is 8.83. The molecule has 1 unspecified atom stereocenters. The Morgan fingerprint density at radius 3 is 2.37 bits per heavy atom. The first kappa shape index (κ1) is 19.6. The molecule has 3 nitrogen and oxygen atoms in total. The summed E-state index contributed by atoms with van der Waals surface area (Å²) in [5.74, 6) is -0.135. The highest BCUT2D eigenvalue weighted by molar-refractivity contribution is 7.10. The molecule has 0 N–H and O–H groups in total. The van der Waals surface area contributed by atoms with Gasteiger partial charge in [-0.15, -0.1) is 23.7 Å². The molecule has 2 heterocycles. The number of carbonyl (C=O) groups excluding carboxylic acids is 1. The van der Waals surface area contributed by atoms with Gasteiger partial charge in [0.05, 0.1) is 0 Å². The van der Waals surface area contributed by atoms with Crippen LogP contribution in [-0.2, 0) is 35.6 Å². The van der Waals surface area contributed by atoms with Gasteiger partial charge in [0, 0.05) is 24.4 Å². The molecule has 0 fully saturated rings. The van der Waals surface area contributed by atoms with Gasteiger partial charge in [0.25, 0.3) is 0 Å². The summed E-state index contributed by atoms with van der Waals surface area (Å²) in [4.78, 5) is 16.4. The number of fused-ring (bicyclic) bond motifs is 1. The highest BCUT2D eigenvalue weighted by atomic mass is 35.5. The SMILES string of the molecule is Cl.O=C(OCc1ccccc1)C1Cc2sccc2CN1Cc1ccccc1. The largest absolute Gasteiger partial charge is 0.460 e. The zero-order valence-corrected chi connectivity index (χ0v) is 16.5. The fourth-order valence-corrected chi connectivity index (χ4v) is 4.30. The van der Waals surface area contributed by atoms with Gasteiger partial charge in [-0.25, -0.2) is 0 Å². The van der Waals surface area contributed by atoms with E-state index in [9.17, 15) is 4.79 Å². The minimum atomic E-state index is -0.231. The molecule has 0 saturated carbocycles. The van der Waals surface area contributed by atoms with Gasteiger partial charge in [-0.05, 0) is 28.1 Å². The topological polar surface area (TPSA) is 29.5 Å². The number of nitrogens with zero attached hydrogens (tertiary/aromatic N) is 1. The molecule has 1 aliphatic rings. The van der Waals surface area contributed by atoms with Crippen LogP contribution in [-0.4, -0.2) is 16.9 Å². The average molecular weight is 400 g/mol. The van der Waals surface area contributed by atoms with Crippen LogP contribution in [0.15, 0.2) is 72.1 Å². The van der Waals surface area contributed by atoms with Crippen LogP contribution in [0, 0.1) is 0 Å². The van der Waals surface area contributed by atoms with Gasteiger partial charge in [-0.2, -0.15) is 0 Å². The van der Waals surface area contributed by atoms with Crippen LogP contribution in [0.25, 0.3) is 0 Å². The van der Waals surface area contributed by atoms with Crippen molar-refractivity contribution >= 4 is 29.7 Å². The van der Waals surface area contributed by atoms with E-state index in [1.807, 2.05) is 48.5 Å². The van der Waals surface area contributed by atoms with Crippen molar-refractivity contribution in [1.29, 1.82) is 0 Å². The van der Waals surface area contributed by atoms with Crippen LogP contribution in [0.4, 0.5) is 0 Å². The summed E-state index contributed by atoms with van der Waals surface area (Å²) < 4.78 is 5.65. The first-order chi connectivity index (χ1) is 12.8. The van der Waals surface area contributed by atoms with Crippen molar-refractivity contribution < 1.29 is 9.53 Å². The number of halogens is 1. The maximum Gasteiger partial charge on any atom is 0.324 e. The molecule has 0 saturated heterocycles. The van der Waals surface area contributed by atoms with Crippen LogP contribution >= 0.6 is 23.7 Å². The smallest absolute Gasteiger partial charge is 0.324 e. The Hall–Kier alpha value is -2.14. The van der Waals surface area contributed by atoms with Crippen molar-refractivity contribution in [3.63, 3.8) is 0 Å². The second kappa shape index (κ2) is 9.18. The summed E-state index contributed by atoms with van der Waals surface area (Å²) in [6, 6.07) is 22.1. The predicted molar refractivity (Wildman–Crippen MR) is 111 cm³/mol. The molecule has 4 rings (SSSR count). The number of carbonyl (C=O) groups is 1.